The SMILES string of the molecule is CC(C)CNCc1c(Cl)cccc1SC1CCOCC1. The summed E-state index contributed by atoms with van der Waals surface area (Å²) in [6, 6.07) is 6.23. The molecule has 1 fully saturated rings. The maximum atomic E-state index is 6.38. The number of hydrogen-bond donors (Lipinski definition) is 1. The van der Waals surface area contributed by atoms with Gasteiger partial charge in [0.2, 0.25) is 0 Å². The van der Waals surface area contributed by atoms with Crippen molar-refractivity contribution in [1.82, 2.24) is 5.32 Å². The summed E-state index contributed by atoms with van der Waals surface area (Å²) in [5.74, 6) is 0.657. The topological polar surface area (TPSA) is 21.3 Å². The molecule has 1 aliphatic rings. The van der Waals surface area contributed by atoms with Crippen LogP contribution >= 0.6 is 23.4 Å². The first kappa shape index (κ1) is 16.2. The lowest BCUT2D eigenvalue weighted by atomic mass is 10.2. The number of ether oxygens (including phenoxy) is 1. The lowest BCUT2D eigenvalue weighted by molar-refractivity contribution is 0.1000. The minimum atomic E-state index is 0.657. The molecule has 1 N–H and O–H groups in total. The maximum absolute atomic E-state index is 6.38. The molecule has 0 amide bonds. The summed E-state index contributed by atoms with van der Waals surface area (Å²) >= 11 is 8.34. The van der Waals surface area contributed by atoms with Crippen molar-refractivity contribution in [1.29, 1.82) is 0 Å². The highest BCUT2D eigenvalue weighted by molar-refractivity contribution is 8.00. The van der Waals surface area contributed by atoms with Crippen molar-refractivity contribution in [2.24, 2.45) is 5.92 Å². The van der Waals surface area contributed by atoms with Crippen molar-refractivity contribution in [3.8, 4) is 0 Å². The molecule has 112 valence electrons. The standard InChI is InChI=1S/C16H24ClNOS/c1-12(2)10-18-11-14-15(17)4-3-5-16(14)20-13-6-8-19-9-7-13/h3-5,12-13,18H,6-11H2,1-2H3. The Morgan fingerprint density at radius 3 is 2.80 bits per heavy atom. The van der Waals surface area contributed by atoms with Gasteiger partial charge < -0.3 is 10.1 Å². The van der Waals surface area contributed by atoms with Crippen LogP contribution in [0, 0.1) is 5.92 Å². The van der Waals surface area contributed by atoms with Crippen LogP contribution in [0.2, 0.25) is 5.02 Å². The average Bonchev–Trinajstić information content (AvgIpc) is 2.43. The van der Waals surface area contributed by atoms with Crippen LogP contribution in [0.3, 0.4) is 0 Å². The Morgan fingerprint density at radius 2 is 2.10 bits per heavy atom. The average molecular weight is 314 g/mol. The quantitative estimate of drug-likeness (QED) is 0.843. The van der Waals surface area contributed by atoms with Crippen LogP contribution in [0.4, 0.5) is 0 Å². The van der Waals surface area contributed by atoms with Crippen molar-refractivity contribution in [2.45, 2.75) is 43.4 Å². The molecule has 0 saturated carbocycles. The van der Waals surface area contributed by atoms with Crippen LogP contribution in [0.1, 0.15) is 32.3 Å². The zero-order valence-electron chi connectivity index (χ0n) is 12.3. The van der Waals surface area contributed by atoms with E-state index in [0.29, 0.717) is 11.2 Å². The molecule has 1 aromatic rings. The van der Waals surface area contributed by atoms with Crippen LogP contribution in [0.5, 0.6) is 0 Å². The first-order chi connectivity index (χ1) is 9.66. The molecule has 1 aromatic carbocycles. The van der Waals surface area contributed by atoms with Gasteiger partial charge in [0.05, 0.1) is 0 Å². The Hall–Kier alpha value is -0.220. The zero-order chi connectivity index (χ0) is 14.4. The second kappa shape index (κ2) is 8.28. The van der Waals surface area contributed by atoms with E-state index in [-0.39, 0.29) is 0 Å². The van der Waals surface area contributed by atoms with Gasteiger partial charge in [-0.25, -0.2) is 0 Å². The molecular formula is C16H24ClNOS. The fourth-order valence-electron chi connectivity index (χ4n) is 2.28. The lowest BCUT2D eigenvalue weighted by Gasteiger charge is -2.23. The molecule has 0 unspecified atom stereocenters. The number of nitrogens with one attached hydrogen (secondary N) is 1. The second-order valence-corrected chi connectivity index (χ2v) is 7.42. The van der Waals surface area contributed by atoms with Crippen LogP contribution in [0.25, 0.3) is 0 Å². The molecule has 0 aliphatic carbocycles. The van der Waals surface area contributed by atoms with Crippen molar-refractivity contribution in [2.75, 3.05) is 19.8 Å². The Morgan fingerprint density at radius 1 is 1.35 bits per heavy atom. The highest BCUT2D eigenvalue weighted by Gasteiger charge is 2.17. The van der Waals surface area contributed by atoms with E-state index < -0.39 is 0 Å². The summed E-state index contributed by atoms with van der Waals surface area (Å²) in [5.41, 5.74) is 1.24. The molecule has 1 saturated heterocycles. The van der Waals surface area contributed by atoms with Crippen LogP contribution < -0.4 is 5.32 Å². The zero-order valence-corrected chi connectivity index (χ0v) is 13.9. The van der Waals surface area contributed by atoms with Crippen LogP contribution in [-0.4, -0.2) is 25.0 Å². The van der Waals surface area contributed by atoms with E-state index in [4.69, 9.17) is 16.3 Å². The smallest absolute Gasteiger partial charge is 0.0476 e. The first-order valence-electron chi connectivity index (χ1n) is 7.39. The summed E-state index contributed by atoms with van der Waals surface area (Å²) in [6.45, 7) is 8.09. The molecule has 20 heavy (non-hydrogen) atoms. The summed E-state index contributed by atoms with van der Waals surface area (Å²) in [4.78, 5) is 1.32. The second-order valence-electron chi connectivity index (χ2n) is 5.67. The van der Waals surface area contributed by atoms with E-state index in [9.17, 15) is 0 Å². The highest BCUT2D eigenvalue weighted by atomic mass is 35.5. The summed E-state index contributed by atoms with van der Waals surface area (Å²) < 4.78 is 5.43. The van der Waals surface area contributed by atoms with Crippen LogP contribution in [0.15, 0.2) is 23.1 Å². The van der Waals surface area contributed by atoms with Gasteiger partial charge in [-0.15, -0.1) is 11.8 Å². The number of halogens is 1. The van der Waals surface area contributed by atoms with E-state index in [1.165, 1.54) is 10.5 Å². The summed E-state index contributed by atoms with van der Waals surface area (Å²) in [5, 5.41) is 5.03. The molecule has 0 bridgehead atoms. The molecule has 0 atom stereocenters. The van der Waals surface area contributed by atoms with E-state index in [0.717, 1.165) is 44.2 Å². The Balaban J connectivity index is 2.01. The maximum Gasteiger partial charge on any atom is 0.0476 e. The Kier molecular flexibility index (Phi) is 6.69. The van der Waals surface area contributed by atoms with Crippen LogP contribution in [-0.2, 0) is 11.3 Å². The predicted octanol–water partition coefficient (Wildman–Crippen LogP) is 4.36. The largest absolute Gasteiger partial charge is 0.381 e. The van der Waals surface area contributed by atoms with Crippen molar-refractivity contribution < 1.29 is 4.74 Å². The van der Waals surface area contributed by atoms with Crippen molar-refractivity contribution >= 4 is 23.4 Å². The van der Waals surface area contributed by atoms with Gasteiger partial charge in [0.15, 0.2) is 0 Å². The highest BCUT2D eigenvalue weighted by Crippen LogP contribution is 2.34. The minimum absolute atomic E-state index is 0.657. The number of rotatable bonds is 6. The van der Waals surface area contributed by atoms with Gasteiger partial charge in [-0.1, -0.05) is 31.5 Å². The molecular weight excluding hydrogens is 290 g/mol. The third kappa shape index (κ3) is 4.96. The summed E-state index contributed by atoms with van der Waals surface area (Å²) in [6.07, 6.45) is 2.27. The minimum Gasteiger partial charge on any atom is -0.381 e. The van der Waals surface area contributed by atoms with E-state index in [1.54, 1.807) is 0 Å². The Labute approximate surface area is 131 Å². The number of hydrogen-bond acceptors (Lipinski definition) is 3. The fourth-order valence-corrected chi connectivity index (χ4v) is 3.85. The van der Waals surface area contributed by atoms with Gasteiger partial charge in [-0.3, -0.25) is 0 Å². The van der Waals surface area contributed by atoms with E-state index in [1.807, 2.05) is 17.8 Å². The summed E-state index contributed by atoms with van der Waals surface area (Å²) in [7, 11) is 0. The molecule has 4 heteroatoms. The van der Waals surface area contributed by atoms with Gasteiger partial charge in [0, 0.05) is 34.9 Å². The van der Waals surface area contributed by atoms with E-state index >= 15 is 0 Å². The fraction of sp³-hybridized carbons (Fsp3) is 0.625. The molecule has 0 radical (unpaired) electrons. The third-order valence-corrected chi connectivity index (χ3v) is 5.19. The molecule has 1 heterocycles. The number of thioether (sulfide) groups is 1. The number of benzene rings is 1. The van der Waals surface area contributed by atoms with Gasteiger partial charge in [0.25, 0.3) is 0 Å². The van der Waals surface area contributed by atoms with Gasteiger partial charge >= 0.3 is 0 Å². The first-order valence-corrected chi connectivity index (χ1v) is 8.65. The van der Waals surface area contributed by atoms with Gasteiger partial charge in [-0.05, 0) is 43.0 Å². The van der Waals surface area contributed by atoms with Gasteiger partial charge in [0.1, 0.15) is 0 Å². The molecule has 2 rings (SSSR count). The normalized spacial score (nSPS) is 16.8. The van der Waals surface area contributed by atoms with Crippen molar-refractivity contribution in [3.63, 3.8) is 0 Å². The predicted molar refractivity (Wildman–Crippen MR) is 87.7 cm³/mol. The Bertz CT molecular complexity index is 419. The molecule has 0 spiro atoms. The monoisotopic (exact) mass is 313 g/mol. The molecule has 0 aromatic heterocycles. The molecule has 2 nitrogen and oxygen atoms in total. The van der Waals surface area contributed by atoms with E-state index in [2.05, 4.69) is 31.3 Å². The van der Waals surface area contributed by atoms with Gasteiger partial charge in [-0.2, -0.15) is 0 Å². The third-order valence-electron chi connectivity index (χ3n) is 3.39. The van der Waals surface area contributed by atoms with Crippen molar-refractivity contribution in [3.05, 3.63) is 28.8 Å². The molecule has 1 aliphatic heterocycles. The lowest BCUT2D eigenvalue weighted by Crippen LogP contribution is -2.20.